The van der Waals surface area contributed by atoms with Crippen molar-refractivity contribution in [1.29, 1.82) is 0 Å². The lowest BCUT2D eigenvalue weighted by Crippen LogP contribution is -2.46. The van der Waals surface area contributed by atoms with Crippen LogP contribution in [0, 0.1) is 0 Å². The third-order valence-electron chi connectivity index (χ3n) is 4.34. The first-order chi connectivity index (χ1) is 9.09. The normalized spacial score (nSPS) is 18.7. The van der Waals surface area contributed by atoms with Crippen molar-refractivity contribution in [3.05, 3.63) is 24.0 Å². The van der Waals surface area contributed by atoms with Gasteiger partial charge in [0.1, 0.15) is 5.69 Å². The molecule has 0 radical (unpaired) electrons. The van der Waals surface area contributed by atoms with E-state index in [1.807, 2.05) is 32.2 Å². The van der Waals surface area contributed by atoms with E-state index in [0.717, 1.165) is 25.0 Å². The summed E-state index contributed by atoms with van der Waals surface area (Å²) in [7, 11) is 0. The summed E-state index contributed by atoms with van der Waals surface area (Å²) in [5.74, 6) is -0.0327. The number of nitrogens with one attached hydrogen (secondary N) is 1. The number of aromatic nitrogens is 1. The molecule has 2 N–H and O–H groups in total. The first kappa shape index (κ1) is 14.1. The minimum absolute atomic E-state index is 0.0327. The molecule has 0 spiro atoms. The molecule has 1 aromatic rings. The number of rotatable bonds is 6. The van der Waals surface area contributed by atoms with Crippen molar-refractivity contribution in [3.63, 3.8) is 0 Å². The highest BCUT2D eigenvalue weighted by Gasteiger charge is 2.27. The van der Waals surface area contributed by atoms with Crippen LogP contribution < -0.4 is 5.32 Å². The van der Waals surface area contributed by atoms with Gasteiger partial charge in [0, 0.05) is 24.4 Å². The molecule has 1 aromatic heterocycles. The molecule has 1 unspecified atom stereocenters. The van der Waals surface area contributed by atoms with Gasteiger partial charge < -0.3 is 15.0 Å². The van der Waals surface area contributed by atoms with E-state index in [1.54, 1.807) is 0 Å². The van der Waals surface area contributed by atoms with Gasteiger partial charge in [-0.2, -0.15) is 0 Å². The monoisotopic (exact) mass is 264 g/mol. The van der Waals surface area contributed by atoms with Gasteiger partial charge in [0.05, 0.1) is 0 Å². The maximum Gasteiger partial charge on any atom is 0.268 e. The van der Waals surface area contributed by atoms with Crippen LogP contribution in [0.1, 0.15) is 62.5 Å². The number of aliphatic hydroxyl groups is 1. The fourth-order valence-corrected chi connectivity index (χ4v) is 2.48. The highest BCUT2D eigenvalue weighted by molar-refractivity contribution is 5.93. The molecule has 4 nitrogen and oxygen atoms in total. The highest BCUT2D eigenvalue weighted by Crippen LogP contribution is 2.32. The number of aliphatic hydroxyl groups excluding tert-OH is 1. The summed E-state index contributed by atoms with van der Waals surface area (Å²) in [5, 5.41) is 12.2. The predicted octanol–water partition coefficient (Wildman–Crippen LogP) is 2.49. The largest absolute Gasteiger partial charge is 0.396 e. The molecular weight excluding hydrogens is 240 g/mol. The van der Waals surface area contributed by atoms with Crippen LogP contribution in [0.5, 0.6) is 0 Å². The summed E-state index contributed by atoms with van der Waals surface area (Å²) >= 11 is 0. The van der Waals surface area contributed by atoms with Gasteiger partial charge in [-0.1, -0.05) is 6.92 Å². The van der Waals surface area contributed by atoms with Crippen LogP contribution in [-0.4, -0.2) is 27.7 Å². The molecule has 0 aromatic carbocycles. The van der Waals surface area contributed by atoms with Crippen LogP contribution in [0.2, 0.25) is 0 Å². The fraction of sp³-hybridized carbons (Fsp3) is 0.667. The Morgan fingerprint density at radius 3 is 2.84 bits per heavy atom. The van der Waals surface area contributed by atoms with Crippen molar-refractivity contribution in [2.45, 2.75) is 57.5 Å². The molecule has 106 valence electrons. The summed E-state index contributed by atoms with van der Waals surface area (Å²) in [6.07, 6.45) is 6.96. The van der Waals surface area contributed by atoms with E-state index < -0.39 is 0 Å². The van der Waals surface area contributed by atoms with E-state index in [0.29, 0.717) is 12.5 Å². The van der Waals surface area contributed by atoms with Gasteiger partial charge in [-0.05, 0) is 51.2 Å². The van der Waals surface area contributed by atoms with Gasteiger partial charge in [-0.25, -0.2) is 0 Å². The number of carbonyl (C=O) groups is 1. The first-order valence-electron chi connectivity index (χ1n) is 7.20. The summed E-state index contributed by atoms with van der Waals surface area (Å²) < 4.78 is 2.09. The lowest BCUT2D eigenvalue weighted by Gasteiger charge is -2.32. The number of amides is 1. The molecule has 0 bridgehead atoms. The van der Waals surface area contributed by atoms with E-state index in [9.17, 15) is 4.79 Å². The minimum atomic E-state index is -0.333. The van der Waals surface area contributed by atoms with E-state index in [1.165, 1.54) is 6.42 Å². The molecule has 1 amide bonds. The Morgan fingerprint density at radius 1 is 1.58 bits per heavy atom. The Hall–Kier alpha value is -1.29. The van der Waals surface area contributed by atoms with Gasteiger partial charge in [-0.3, -0.25) is 4.79 Å². The second-order valence-electron chi connectivity index (χ2n) is 5.73. The number of nitrogens with zero attached hydrogens (tertiary/aromatic N) is 1. The fourth-order valence-electron chi connectivity index (χ4n) is 2.48. The molecule has 0 saturated heterocycles. The molecule has 1 saturated carbocycles. The number of carbonyl (C=O) groups excluding carboxylic acids is 1. The van der Waals surface area contributed by atoms with Gasteiger partial charge in [0.2, 0.25) is 0 Å². The van der Waals surface area contributed by atoms with Crippen LogP contribution in [0.4, 0.5) is 0 Å². The average Bonchev–Trinajstić information content (AvgIpc) is 2.76. The quantitative estimate of drug-likeness (QED) is 0.829. The molecule has 4 heteroatoms. The topological polar surface area (TPSA) is 54.3 Å². The summed E-state index contributed by atoms with van der Waals surface area (Å²) in [6, 6.07) is 4.30. The van der Waals surface area contributed by atoms with Crippen molar-refractivity contribution < 1.29 is 9.90 Å². The van der Waals surface area contributed by atoms with Crippen LogP contribution in [0.25, 0.3) is 0 Å². The highest BCUT2D eigenvalue weighted by atomic mass is 16.3. The van der Waals surface area contributed by atoms with E-state index in [-0.39, 0.29) is 18.1 Å². The number of hydrogen-bond donors (Lipinski definition) is 2. The molecular formula is C15H24N2O2. The van der Waals surface area contributed by atoms with Crippen molar-refractivity contribution in [3.8, 4) is 0 Å². The van der Waals surface area contributed by atoms with E-state index in [4.69, 9.17) is 5.11 Å². The molecule has 1 heterocycles. The Balaban J connectivity index is 2.09. The van der Waals surface area contributed by atoms with E-state index in [2.05, 4.69) is 9.88 Å². The van der Waals surface area contributed by atoms with E-state index >= 15 is 0 Å². The second kappa shape index (κ2) is 5.78. The lowest BCUT2D eigenvalue weighted by atomic mass is 9.92. The zero-order valence-corrected chi connectivity index (χ0v) is 11.9. The molecule has 1 atom stereocenters. The third kappa shape index (κ3) is 3.00. The lowest BCUT2D eigenvalue weighted by molar-refractivity contribution is 0.0870. The smallest absolute Gasteiger partial charge is 0.268 e. The first-order valence-corrected chi connectivity index (χ1v) is 7.20. The van der Waals surface area contributed by atoms with Crippen LogP contribution in [0.15, 0.2) is 18.3 Å². The predicted molar refractivity (Wildman–Crippen MR) is 75.2 cm³/mol. The Morgan fingerprint density at radius 2 is 2.32 bits per heavy atom. The summed E-state index contributed by atoms with van der Waals surface area (Å²) in [4.78, 5) is 12.4. The molecule has 19 heavy (non-hydrogen) atoms. The zero-order chi connectivity index (χ0) is 13.9. The van der Waals surface area contributed by atoms with Crippen LogP contribution >= 0.6 is 0 Å². The minimum Gasteiger partial charge on any atom is -0.396 e. The molecule has 1 fully saturated rings. The summed E-state index contributed by atoms with van der Waals surface area (Å²) in [6.45, 7) is 4.10. The van der Waals surface area contributed by atoms with Crippen molar-refractivity contribution in [2.75, 3.05) is 6.61 Å². The molecule has 1 aliphatic carbocycles. The standard InChI is InChI=1S/C15H24N2O2/c1-3-15(2,9-11-18)16-14(19)13-8-5-10-17(13)12-6-4-7-12/h5,8,10,12,18H,3-4,6-7,9,11H2,1-2H3,(H,16,19). The Bertz CT molecular complexity index is 437. The maximum atomic E-state index is 12.4. The maximum absolute atomic E-state index is 12.4. The van der Waals surface area contributed by atoms with Crippen molar-refractivity contribution >= 4 is 5.91 Å². The average molecular weight is 264 g/mol. The second-order valence-corrected chi connectivity index (χ2v) is 5.73. The molecule has 2 rings (SSSR count). The third-order valence-corrected chi connectivity index (χ3v) is 4.34. The van der Waals surface area contributed by atoms with Gasteiger partial charge >= 0.3 is 0 Å². The van der Waals surface area contributed by atoms with Gasteiger partial charge in [-0.15, -0.1) is 0 Å². The SMILES string of the molecule is CCC(C)(CCO)NC(=O)c1cccn1C1CCC1. The van der Waals surface area contributed by atoms with Crippen LogP contribution in [-0.2, 0) is 0 Å². The zero-order valence-electron chi connectivity index (χ0n) is 11.9. The summed E-state index contributed by atoms with van der Waals surface area (Å²) in [5.41, 5.74) is 0.405. The van der Waals surface area contributed by atoms with Crippen LogP contribution in [0.3, 0.4) is 0 Å². The number of hydrogen-bond acceptors (Lipinski definition) is 2. The van der Waals surface area contributed by atoms with Crippen molar-refractivity contribution in [1.82, 2.24) is 9.88 Å². The van der Waals surface area contributed by atoms with Gasteiger partial charge in [0.25, 0.3) is 5.91 Å². The van der Waals surface area contributed by atoms with Gasteiger partial charge in [0.15, 0.2) is 0 Å². The molecule has 0 aliphatic heterocycles. The van der Waals surface area contributed by atoms with Crippen molar-refractivity contribution in [2.24, 2.45) is 0 Å². The Kier molecular flexibility index (Phi) is 4.30. The molecule has 1 aliphatic rings. The Labute approximate surface area is 114 Å².